The fraction of sp³-hybridized carbons (Fsp3) is 0.353. The van der Waals surface area contributed by atoms with E-state index in [0.29, 0.717) is 13.0 Å². The molecule has 27 heavy (non-hydrogen) atoms. The van der Waals surface area contributed by atoms with Gasteiger partial charge >= 0.3 is 0 Å². The molecule has 0 bridgehead atoms. The maximum atomic E-state index is 12.7. The molecule has 8 nitrogen and oxygen atoms in total. The van der Waals surface area contributed by atoms with Crippen LogP contribution in [-0.4, -0.2) is 55.7 Å². The second-order valence-corrected chi connectivity index (χ2v) is 9.08. The zero-order valence-corrected chi connectivity index (χ0v) is 16.4. The Hall–Kier alpha value is -2.30. The molecule has 2 N–H and O–H groups in total. The number of carbonyl (C=O) groups is 2. The van der Waals surface area contributed by atoms with Crippen molar-refractivity contribution in [3.05, 3.63) is 45.9 Å². The Bertz CT molecular complexity index is 955. The lowest BCUT2D eigenvalue weighted by molar-refractivity contribution is -0.122. The van der Waals surface area contributed by atoms with Gasteiger partial charge in [-0.2, -0.15) is 4.31 Å². The van der Waals surface area contributed by atoms with E-state index in [9.17, 15) is 18.0 Å². The summed E-state index contributed by atoms with van der Waals surface area (Å²) in [5, 5.41) is 8.29. The van der Waals surface area contributed by atoms with E-state index < -0.39 is 10.0 Å². The van der Waals surface area contributed by atoms with Gasteiger partial charge in [0.25, 0.3) is 5.91 Å². The number of aryl methyl sites for hydroxylation is 1. The van der Waals surface area contributed by atoms with Crippen LogP contribution in [0.2, 0.25) is 0 Å². The number of thiazole rings is 1. The van der Waals surface area contributed by atoms with Gasteiger partial charge in [-0.1, -0.05) is 6.07 Å². The maximum absolute atomic E-state index is 12.7. The van der Waals surface area contributed by atoms with E-state index >= 15 is 0 Å². The quantitative estimate of drug-likeness (QED) is 0.725. The van der Waals surface area contributed by atoms with Crippen molar-refractivity contribution in [2.24, 2.45) is 0 Å². The number of carbonyl (C=O) groups excluding carboxylic acids is 2. The van der Waals surface area contributed by atoms with Crippen molar-refractivity contribution in [1.82, 2.24) is 19.9 Å². The molecule has 0 radical (unpaired) electrons. The third kappa shape index (κ3) is 4.71. The van der Waals surface area contributed by atoms with Gasteiger partial charge < -0.3 is 10.6 Å². The Labute approximate surface area is 161 Å². The van der Waals surface area contributed by atoms with Gasteiger partial charge in [0.2, 0.25) is 15.9 Å². The SMILES string of the molecule is Cc1nc(CCNC(=O)c2cccc(S(=O)(=O)N3CCNC(=O)C3)c2)cs1. The van der Waals surface area contributed by atoms with E-state index in [4.69, 9.17) is 0 Å². The topological polar surface area (TPSA) is 108 Å². The van der Waals surface area contributed by atoms with Gasteiger partial charge in [0.05, 0.1) is 22.1 Å². The molecule has 1 saturated heterocycles. The summed E-state index contributed by atoms with van der Waals surface area (Å²) in [6.07, 6.45) is 0.608. The average molecular weight is 409 g/mol. The molecule has 1 aliphatic rings. The van der Waals surface area contributed by atoms with Crippen LogP contribution in [0, 0.1) is 6.92 Å². The summed E-state index contributed by atoms with van der Waals surface area (Å²) >= 11 is 1.55. The first-order valence-electron chi connectivity index (χ1n) is 8.42. The molecule has 0 aliphatic carbocycles. The fourth-order valence-corrected chi connectivity index (χ4v) is 4.79. The van der Waals surface area contributed by atoms with Crippen molar-refractivity contribution in [3.8, 4) is 0 Å². The van der Waals surface area contributed by atoms with Crippen LogP contribution in [0.15, 0.2) is 34.5 Å². The molecule has 1 aromatic carbocycles. The molecule has 1 aromatic heterocycles. The first kappa shape index (κ1) is 19.5. The number of rotatable bonds is 6. The molecule has 2 heterocycles. The minimum absolute atomic E-state index is 0.0000222. The van der Waals surface area contributed by atoms with Crippen LogP contribution in [0.4, 0.5) is 0 Å². The molecular formula is C17H20N4O4S2. The fourth-order valence-electron chi connectivity index (χ4n) is 2.70. The Morgan fingerprint density at radius 3 is 2.93 bits per heavy atom. The number of aromatic nitrogens is 1. The van der Waals surface area contributed by atoms with Gasteiger partial charge in [0.15, 0.2) is 0 Å². The summed E-state index contributed by atoms with van der Waals surface area (Å²) in [6, 6.07) is 5.85. The molecule has 1 fully saturated rings. The summed E-state index contributed by atoms with van der Waals surface area (Å²) in [6.45, 7) is 2.59. The molecule has 1 aliphatic heterocycles. The number of hydrogen-bond donors (Lipinski definition) is 2. The Morgan fingerprint density at radius 2 is 2.22 bits per heavy atom. The van der Waals surface area contributed by atoms with Crippen molar-refractivity contribution in [2.45, 2.75) is 18.2 Å². The van der Waals surface area contributed by atoms with Gasteiger partial charge in [0, 0.05) is 37.0 Å². The molecule has 2 aromatic rings. The minimum atomic E-state index is -3.83. The number of nitrogens with zero attached hydrogens (tertiary/aromatic N) is 2. The van der Waals surface area contributed by atoms with E-state index in [2.05, 4.69) is 15.6 Å². The molecule has 10 heteroatoms. The number of sulfonamides is 1. The zero-order chi connectivity index (χ0) is 19.4. The van der Waals surface area contributed by atoms with Gasteiger partial charge in [-0.15, -0.1) is 11.3 Å². The number of amides is 2. The third-order valence-corrected chi connectivity index (χ3v) is 6.73. The lowest BCUT2D eigenvalue weighted by atomic mass is 10.2. The second kappa shape index (κ2) is 8.15. The predicted molar refractivity (Wildman–Crippen MR) is 101 cm³/mol. The molecular weight excluding hydrogens is 388 g/mol. The highest BCUT2D eigenvalue weighted by Crippen LogP contribution is 2.18. The highest BCUT2D eigenvalue weighted by Gasteiger charge is 2.29. The van der Waals surface area contributed by atoms with Crippen molar-refractivity contribution >= 4 is 33.2 Å². The highest BCUT2D eigenvalue weighted by molar-refractivity contribution is 7.89. The molecule has 0 spiro atoms. The lowest BCUT2D eigenvalue weighted by Gasteiger charge is -2.26. The van der Waals surface area contributed by atoms with Gasteiger partial charge in [-0.05, 0) is 25.1 Å². The summed E-state index contributed by atoms with van der Waals surface area (Å²) in [5.74, 6) is -0.689. The molecule has 0 atom stereocenters. The first-order chi connectivity index (χ1) is 12.9. The Kier molecular flexibility index (Phi) is 5.88. The number of benzene rings is 1. The van der Waals surface area contributed by atoms with Crippen molar-refractivity contribution in [3.63, 3.8) is 0 Å². The molecule has 3 rings (SSSR count). The standard InChI is InChI=1S/C17H20N4O4S2/c1-12-20-14(11-26-12)5-6-19-17(23)13-3-2-4-15(9-13)27(24,25)21-8-7-18-16(22)10-21/h2-4,9,11H,5-8,10H2,1H3,(H,18,22)(H,19,23). The van der Waals surface area contributed by atoms with Crippen molar-refractivity contribution < 1.29 is 18.0 Å². The van der Waals surface area contributed by atoms with Crippen LogP contribution < -0.4 is 10.6 Å². The maximum Gasteiger partial charge on any atom is 0.251 e. The zero-order valence-electron chi connectivity index (χ0n) is 14.8. The summed E-state index contributed by atoms with van der Waals surface area (Å²) in [5.41, 5.74) is 1.17. The number of piperazine rings is 1. The molecule has 0 saturated carbocycles. The van der Waals surface area contributed by atoms with Crippen LogP contribution in [0.5, 0.6) is 0 Å². The van der Waals surface area contributed by atoms with E-state index in [0.717, 1.165) is 15.0 Å². The van der Waals surface area contributed by atoms with Crippen LogP contribution in [-0.2, 0) is 21.2 Å². The lowest BCUT2D eigenvalue weighted by Crippen LogP contribution is -2.49. The predicted octanol–water partition coefficient (Wildman–Crippen LogP) is 0.545. The molecule has 144 valence electrons. The van der Waals surface area contributed by atoms with Crippen LogP contribution in [0.3, 0.4) is 0 Å². The van der Waals surface area contributed by atoms with E-state index in [1.54, 1.807) is 17.4 Å². The smallest absolute Gasteiger partial charge is 0.251 e. The first-order valence-corrected chi connectivity index (χ1v) is 10.7. The normalized spacial score (nSPS) is 15.4. The van der Waals surface area contributed by atoms with E-state index in [-0.39, 0.29) is 41.9 Å². The highest BCUT2D eigenvalue weighted by atomic mass is 32.2. The molecule has 2 amide bonds. The summed E-state index contributed by atoms with van der Waals surface area (Å²) in [7, 11) is -3.83. The summed E-state index contributed by atoms with van der Waals surface area (Å²) < 4.78 is 26.6. The van der Waals surface area contributed by atoms with Gasteiger partial charge in [-0.25, -0.2) is 13.4 Å². The molecule has 0 unspecified atom stereocenters. The van der Waals surface area contributed by atoms with Crippen LogP contribution in [0.25, 0.3) is 0 Å². The third-order valence-electron chi connectivity index (χ3n) is 4.07. The minimum Gasteiger partial charge on any atom is -0.354 e. The van der Waals surface area contributed by atoms with Crippen LogP contribution in [0.1, 0.15) is 21.1 Å². The largest absolute Gasteiger partial charge is 0.354 e. The number of hydrogen-bond acceptors (Lipinski definition) is 6. The van der Waals surface area contributed by atoms with Gasteiger partial charge in [0.1, 0.15) is 0 Å². The van der Waals surface area contributed by atoms with Gasteiger partial charge in [-0.3, -0.25) is 9.59 Å². The van der Waals surface area contributed by atoms with E-state index in [1.165, 1.54) is 18.2 Å². The second-order valence-electron chi connectivity index (χ2n) is 6.08. The average Bonchev–Trinajstić information content (AvgIpc) is 3.07. The number of nitrogens with one attached hydrogen (secondary N) is 2. The Balaban J connectivity index is 1.67. The van der Waals surface area contributed by atoms with Crippen molar-refractivity contribution in [1.29, 1.82) is 0 Å². The van der Waals surface area contributed by atoms with Crippen molar-refractivity contribution in [2.75, 3.05) is 26.2 Å². The Morgan fingerprint density at radius 1 is 1.41 bits per heavy atom. The van der Waals surface area contributed by atoms with Crippen LogP contribution >= 0.6 is 11.3 Å². The summed E-state index contributed by atoms with van der Waals surface area (Å²) in [4.78, 5) is 28.2. The van der Waals surface area contributed by atoms with E-state index in [1.807, 2.05) is 12.3 Å². The monoisotopic (exact) mass is 408 g/mol.